The number of rotatable bonds is 6. The van der Waals surface area contributed by atoms with Gasteiger partial charge in [-0.15, -0.1) is 0 Å². The van der Waals surface area contributed by atoms with Gasteiger partial charge in [-0.2, -0.15) is 5.11 Å². The lowest BCUT2D eigenvalue weighted by atomic mass is 10.2. The van der Waals surface area contributed by atoms with Gasteiger partial charge in [0.05, 0.1) is 18.9 Å². The van der Waals surface area contributed by atoms with Gasteiger partial charge in [0.15, 0.2) is 0 Å². The molecule has 0 aliphatic carbocycles. The Morgan fingerprint density at radius 1 is 1.12 bits per heavy atom. The number of hydrogen-bond donors (Lipinski definition) is 1. The molecule has 1 rings (SSSR count). The second kappa shape index (κ2) is 6.08. The van der Waals surface area contributed by atoms with E-state index in [9.17, 15) is 0 Å². The summed E-state index contributed by atoms with van der Waals surface area (Å²) in [6.45, 7) is 4.95. The van der Waals surface area contributed by atoms with Crippen LogP contribution in [-0.2, 0) is 0 Å². The van der Waals surface area contributed by atoms with Crippen LogP contribution in [0.15, 0.2) is 17.2 Å². The number of hydrogen-bond acceptors (Lipinski definition) is 5. The van der Waals surface area contributed by atoms with Crippen LogP contribution in [-0.4, -0.2) is 27.3 Å². The van der Waals surface area contributed by atoms with E-state index in [2.05, 4.69) is 5.11 Å². The van der Waals surface area contributed by atoms with Gasteiger partial charge >= 0.3 is 0 Å². The molecule has 5 nitrogen and oxygen atoms in total. The van der Waals surface area contributed by atoms with Crippen molar-refractivity contribution in [1.29, 1.82) is 5.53 Å². The summed E-state index contributed by atoms with van der Waals surface area (Å²) in [6.07, 6.45) is 0. The first-order valence-electron chi connectivity index (χ1n) is 5.62. The summed E-state index contributed by atoms with van der Waals surface area (Å²) in [7, 11) is 3.87. The van der Waals surface area contributed by atoms with E-state index < -0.39 is 0 Å². The van der Waals surface area contributed by atoms with Crippen LogP contribution >= 0.6 is 0 Å². The number of anilines is 1. The zero-order chi connectivity index (χ0) is 12.8. The summed E-state index contributed by atoms with van der Waals surface area (Å²) in [5.41, 5.74) is 8.55. The summed E-state index contributed by atoms with van der Waals surface area (Å²) >= 11 is 0. The predicted molar refractivity (Wildman–Crippen MR) is 67.9 cm³/mol. The van der Waals surface area contributed by atoms with Crippen LogP contribution in [0.3, 0.4) is 0 Å². The average molecular weight is 237 g/mol. The van der Waals surface area contributed by atoms with E-state index >= 15 is 0 Å². The molecule has 0 amide bonds. The maximum atomic E-state index is 7.15. The van der Waals surface area contributed by atoms with Gasteiger partial charge in [-0.1, -0.05) is 0 Å². The number of ether oxygens (including phenoxy) is 2. The molecule has 0 bridgehead atoms. The van der Waals surface area contributed by atoms with E-state index in [1.54, 1.807) is 6.07 Å². The molecule has 0 saturated carbocycles. The van der Waals surface area contributed by atoms with Crippen molar-refractivity contribution >= 4 is 11.4 Å². The van der Waals surface area contributed by atoms with Crippen molar-refractivity contribution in [3.05, 3.63) is 12.1 Å². The molecule has 94 valence electrons. The number of nitrogens with one attached hydrogen (secondary N) is 1. The lowest BCUT2D eigenvalue weighted by molar-refractivity contribution is 0.332. The number of nitrogens with zero attached hydrogens (tertiary/aromatic N) is 2. The van der Waals surface area contributed by atoms with Crippen LogP contribution in [0.4, 0.5) is 11.4 Å². The van der Waals surface area contributed by atoms with Gasteiger partial charge in [0.1, 0.15) is 17.2 Å². The van der Waals surface area contributed by atoms with Gasteiger partial charge < -0.3 is 14.4 Å². The van der Waals surface area contributed by atoms with Crippen LogP contribution in [0.25, 0.3) is 0 Å². The van der Waals surface area contributed by atoms with E-state index in [-0.39, 0.29) is 0 Å². The predicted octanol–water partition coefficient (Wildman–Crippen LogP) is 3.21. The maximum absolute atomic E-state index is 7.15. The Morgan fingerprint density at radius 2 is 1.71 bits per heavy atom. The molecule has 0 fully saturated rings. The molecule has 0 aromatic heterocycles. The van der Waals surface area contributed by atoms with E-state index in [4.69, 9.17) is 15.0 Å². The van der Waals surface area contributed by atoms with Crippen LogP contribution in [0.2, 0.25) is 0 Å². The third-order valence-corrected chi connectivity index (χ3v) is 2.24. The van der Waals surface area contributed by atoms with Crippen LogP contribution in [0.5, 0.6) is 11.5 Å². The molecule has 1 N–H and O–H groups in total. The quantitative estimate of drug-likeness (QED) is 0.773. The second-order valence-electron chi connectivity index (χ2n) is 3.66. The minimum absolute atomic E-state index is 0.487. The minimum Gasteiger partial charge on any atom is -0.492 e. The monoisotopic (exact) mass is 237 g/mol. The lowest BCUT2D eigenvalue weighted by Gasteiger charge is -2.19. The van der Waals surface area contributed by atoms with Crippen molar-refractivity contribution in [1.82, 2.24) is 0 Å². The average Bonchev–Trinajstić information content (AvgIpc) is 2.30. The van der Waals surface area contributed by atoms with Crippen molar-refractivity contribution in [3.63, 3.8) is 0 Å². The minimum atomic E-state index is 0.487. The van der Waals surface area contributed by atoms with Crippen LogP contribution in [0, 0.1) is 5.53 Å². The Kier molecular flexibility index (Phi) is 4.75. The smallest absolute Gasteiger partial charge is 0.149 e. The first-order chi connectivity index (χ1) is 8.13. The van der Waals surface area contributed by atoms with Gasteiger partial charge in [0, 0.05) is 26.2 Å². The highest BCUT2D eigenvalue weighted by Crippen LogP contribution is 2.39. The van der Waals surface area contributed by atoms with E-state index in [1.807, 2.05) is 38.9 Å². The highest BCUT2D eigenvalue weighted by atomic mass is 16.5. The molecule has 0 unspecified atom stereocenters. The fourth-order valence-corrected chi connectivity index (χ4v) is 1.52. The summed E-state index contributed by atoms with van der Waals surface area (Å²) in [6, 6.07) is 3.58. The van der Waals surface area contributed by atoms with Crippen molar-refractivity contribution in [3.8, 4) is 11.5 Å². The molecule has 1 aromatic carbocycles. The van der Waals surface area contributed by atoms with Crippen LogP contribution in [0.1, 0.15) is 13.8 Å². The summed E-state index contributed by atoms with van der Waals surface area (Å²) in [5, 5.41) is 3.46. The molecule has 0 heterocycles. The molecule has 0 aliphatic rings. The summed E-state index contributed by atoms with van der Waals surface area (Å²) in [4.78, 5) is 1.95. The molecular formula is C12H19N3O2. The Morgan fingerprint density at radius 3 is 2.18 bits per heavy atom. The third-order valence-electron chi connectivity index (χ3n) is 2.24. The lowest BCUT2D eigenvalue weighted by Crippen LogP contribution is -2.11. The molecular weight excluding hydrogens is 218 g/mol. The molecule has 1 aromatic rings. The van der Waals surface area contributed by atoms with Gasteiger partial charge in [-0.05, 0) is 13.8 Å². The zero-order valence-corrected chi connectivity index (χ0v) is 10.8. The standard InChI is InChI=1S/C12H19N3O2/c1-5-16-11-8-10(15(3)4)12(17-6-2)7-9(11)14-13/h7-8,13H,5-6H2,1-4H3. The van der Waals surface area contributed by atoms with Crippen molar-refractivity contribution < 1.29 is 9.47 Å². The number of benzene rings is 1. The van der Waals surface area contributed by atoms with Crippen LogP contribution < -0.4 is 14.4 Å². The molecule has 17 heavy (non-hydrogen) atoms. The SMILES string of the molecule is CCOc1cc(N(C)C)c(OCC)cc1N=N. The maximum Gasteiger partial charge on any atom is 0.149 e. The first-order valence-corrected chi connectivity index (χ1v) is 5.62. The Labute approximate surface area is 102 Å². The first kappa shape index (κ1) is 13.3. The van der Waals surface area contributed by atoms with Gasteiger partial charge in [-0.25, -0.2) is 5.53 Å². The summed E-state index contributed by atoms with van der Waals surface area (Å²) < 4.78 is 11.0. The van der Waals surface area contributed by atoms with Gasteiger partial charge in [0.25, 0.3) is 0 Å². The molecule has 5 heteroatoms. The zero-order valence-electron chi connectivity index (χ0n) is 10.8. The highest BCUT2D eigenvalue weighted by Gasteiger charge is 2.13. The Hall–Kier alpha value is -1.78. The van der Waals surface area contributed by atoms with E-state index in [1.165, 1.54) is 0 Å². The highest BCUT2D eigenvalue weighted by molar-refractivity contribution is 5.69. The second-order valence-corrected chi connectivity index (χ2v) is 3.66. The van der Waals surface area contributed by atoms with Crippen molar-refractivity contribution in [2.24, 2.45) is 5.11 Å². The Balaban J connectivity index is 3.25. The third kappa shape index (κ3) is 3.09. The molecule has 0 atom stereocenters. The molecule has 0 saturated heterocycles. The van der Waals surface area contributed by atoms with Gasteiger partial charge in [0.2, 0.25) is 0 Å². The summed E-state index contributed by atoms with van der Waals surface area (Å²) in [5.74, 6) is 1.32. The Bertz CT molecular complexity index is 392. The van der Waals surface area contributed by atoms with Crippen molar-refractivity contribution in [2.45, 2.75) is 13.8 Å². The molecule has 0 spiro atoms. The fraction of sp³-hybridized carbons (Fsp3) is 0.500. The van der Waals surface area contributed by atoms with Crippen molar-refractivity contribution in [2.75, 3.05) is 32.2 Å². The van der Waals surface area contributed by atoms with E-state index in [0.29, 0.717) is 30.4 Å². The molecule has 0 radical (unpaired) electrons. The largest absolute Gasteiger partial charge is 0.492 e. The fourth-order valence-electron chi connectivity index (χ4n) is 1.52. The van der Waals surface area contributed by atoms with E-state index in [0.717, 1.165) is 5.69 Å². The van der Waals surface area contributed by atoms with Gasteiger partial charge in [-0.3, -0.25) is 0 Å². The topological polar surface area (TPSA) is 57.9 Å². The molecule has 0 aliphatic heterocycles. The normalized spacial score (nSPS) is 9.88.